The lowest BCUT2D eigenvalue weighted by Crippen LogP contribution is -2.46. The average molecular weight is 258 g/mol. The van der Waals surface area contributed by atoms with Crippen LogP contribution in [0.2, 0.25) is 0 Å². The Hall–Kier alpha value is -0.130. The Morgan fingerprint density at radius 1 is 1.18 bits per heavy atom. The molecule has 2 N–H and O–H groups in total. The van der Waals surface area contributed by atoms with Crippen molar-refractivity contribution in [1.82, 2.24) is 10.0 Å². The van der Waals surface area contributed by atoms with Crippen LogP contribution in [0.4, 0.5) is 0 Å². The lowest BCUT2D eigenvalue weighted by molar-refractivity contribution is 0.200. The van der Waals surface area contributed by atoms with E-state index in [0.717, 1.165) is 38.6 Å². The topological polar surface area (TPSA) is 58.2 Å². The summed E-state index contributed by atoms with van der Waals surface area (Å²) in [4.78, 5) is 0. The first kappa shape index (κ1) is 11.9. The van der Waals surface area contributed by atoms with Crippen LogP contribution in [-0.2, 0) is 10.0 Å². The maximum absolute atomic E-state index is 12.1. The van der Waals surface area contributed by atoms with E-state index >= 15 is 0 Å². The molecule has 0 aromatic carbocycles. The number of fused-ring (bicyclic) bond motifs is 1. The minimum absolute atomic E-state index is 0.0268. The van der Waals surface area contributed by atoms with Gasteiger partial charge in [0, 0.05) is 17.5 Å². The smallest absolute Gasteiger partial charge is 0.212 e. The molecule has 3 fully saturated rings. The highest BCUT2D eigenvalue weighted by molar-refractivity contribution is 7.89. The van der Waals surface area contributed by atoms with Gasteiger partial charge in [-0.3, -0.25) is 0 Å². The van der Waals surface area contributed by atoms with Crippen molar-refractivity contribution in [3.05, 3.63) is 0 Å². The first-order valence-corrected chi connectivity index (χ1v) is 8.48. The largest absolute Gasteiger partial charge is 0.313 e. The lowest BCUT2D eigenvalue weighted by atomic mass is 9.72. The highest BCUT2D eigenvalue weighted by Crippen LogP contribution is 2.43. The van der Waals surface area contributed by atoms with Crippen LogP contribution < -0.4 is 10.0 Å². The molecular weight excluding hydrogens is 236 g/mol. The number of rotatable bonds is 4. The summed E-state index contributed by atoms with van der Waals surface area (Å²) in [5, 5.41) is 3.50. The van der Waals surface area contributed by atoms with E-state index in [0.29, 0.717) is 11.8 Å². The molecule has 0 aromatic rings. The standard InChI is InChI=1S/C12H22N2O2S/c15-17(16,14-10-4-5-10)9-12-6-2-1-3-11(12)13-8-7-12/h10-11,13-14H,1-9H2. The fourth-order valence-corrected chi connectivity index (χ4v) is 5.61. The van der Waals surface area contributed by atoms with E-state index in [1.165, 1.54) is 12.8 Å². The minimum atomic E-state index is -3.07. The summed E-state index contributed by atoms with van der Waals surface area (Å²) in [6.07, 6.45) is 7.74. The van der Waals surface area contributed by atoms with Crippen molar-refractivity contribution in [1.29, 1.82) is 0 Å². The molecule has 17 heavy (non-hydrogen) atoms. The molecule has 2 saturated carbocycles. The fourth-order valence-electron chi connectivity index (χ4n) is 3.54. The summed E-state index contributed by atoms with van der Waals surface area (Å²) in [6.45, 7) is 0.990. The van der Waals surface area contributed by atoms with Crippen molar-refractivity contribution < 1.29 is 8.42 Å². The van der Waals surface area contributed by atoms with Gasteiger partial charge < -0.3 is 5.32 Å². The van der Waals surface area contributed by atoms with Crippen molar-refractivity contribution in [3.8, 4) is 0 Å². The molecule has 2 unspecified atom stereocenters. The van der Waals surface area contributed by atoms with E-state index in [1.807, 2.05) is 0 Å². The summed E-state index contributed by atoms with van der Waals surface area (Å²) in [6, 6.07) is 0.680. The second-order valence-corrected chi connectivity index (χ2v) is 7.77. The van der Waals surface area contributed by atoms with Crippen molar-refractivity contribution in [3.63, 3.8) is 0 Å². The van der Waals surface area contributed by atoms with E-state index in [1.54, 1.807) is 0 Å². The first-order valence-electron chi connectivity index (χ1n) is 6.83. The van der Waals surface area contributed by atoms with Gasteiger partial charge in [-0.05, 0) is 38.6 Å². The Morgan fingerprint density at radius 3 is 2.76 bits per heavy atom. The molecule has 3 rings (SSSR count). The van der Waals surface area contributed by atoms with Gasteiger partial charge in [-0.25, -0.2) is 13.1 Å². The van der Waals surface area contributed by atoms with E-state index in [-0.39, 0.29) is 11.5 Å². The van der Waals surface area contributed by atoms with Gasteiger partial charge in [-0.1, -0.05) is 12.8 Å². The highest BCUT2D eigenvalue weighted by Gasteiger charge is 2.47. The summed E-state index contributed by atoms with van der Waals surface area (Å²) in [5.41, 5.74) is 0.0268. The molecule has 0 aromatic heterocycles. The van der Waals surface area contributed by atoms with Crippen LogP contribution in [0.3, 0.4) is 0 Å². The van der Waals surface area contributed by atoms with Gasteiger partial charge in [0.2, 0.25) is 10.0 Å². The summed E-state index contributed by atoms with van der Waals surface area (Å²) in [5.74, 6) is 0.341. The van der Waals surface area contributed by atoms with E-state index in [9.17, 15) is 8.42 Å². The molecule has 2 atom stereocenters. The molecule has 2 aliphatic carbocycles. The molecular formula is C12H22N2O2S. The van der Waals surface area contributed by atoms with Gasteiger partial charge in [-0.15, -0.1) is 0 Å². The first-order chi connectivity index (χ1) is 8.10. The van der Waals surface area contributed by atoms with Crippen LogP contribution in [0.1, 0.15) is 44.9 Å². The Bertz CT molecular complexity index is 391. The van der Waals surface area contributed by atoms with E-state index in [2.05, 4.69) is 10.0 Å². The van der Waals surface area contributed by atoms with Gasteiger partial charge in [0.05, 0.1) is 5.75 Å². The van der Waals surface area contributed by atoms with E-state index < -0.39 is 10.0 Å². The fraction of sp³-hybridized carbons (Fsp3) is 1.00. The molecule has 98 valence electrons. The van der Waals surface area contributed by atoms with E-state index in [4.69, 9.17) is 0 Å². The van der Waals surface area contributed by atoms with Gasteiger partial charge in [0.25, 0.3) is 0 Å². The maximum Gasteiger partial charge on any atom is 0.212 e. The zero-order valence-corrected chi connectivity index (χ0v) is 11.1. The molecule has 1 heterocycles. The Balaban J connectivity index is 1.73. The van der Waals surface area contributed by atoms with Gasteiger partial charge in [-0.2, -0.15) is 0 Å². The quantitative estimate of drug-likeness (QED) is 0.790. The van der Waals surface area contributed by atoms with Crippen molar-refractivity contribution in [2.24, 2.45) is 5.41 Å². The number of nitrogens with one attached hydrogen (secondary N) is 2. The van der Waals surface area contributed by atoms with Crippen LogP contribution in [0, 0.1) is 5.41 Å². The number of hydrogen-bond donors (Lipinski definition) is 2. The maximum atomic E-state index is 12.1. The average Bonchev–Trinajstić information content (AvgIpc) is 2.95. The molecule has 0 spiro atoms. The second kappa shape index (κ2) is 4.21. The van der Waals surface area contributed by atoms with Crippen LogP contribution in [-0.4, -0.2) is 32.8 Å². The second-order valence-electron chi connectivity index (χ2n) is 6.02. The summed E-state index contributed by atoms with van der Waals surface area (Å²) < 4.78 is 27.1. The van der Waals surface area contributed by atoms with Crippen molar-refractivity contribution in [2.45, 2.75) is 57.0 Å². The molecule has 1 saturated heterocycles. The molecule has 0 bridgehead atoms. The predicted molar refractivity (Wildman–Crippen MR) is 67.3 cm³/mol. The van der Waals surface area contributed by atoms with Crippen LogP contribution in [0.25, 0.3) is 0 Å². The highest BCUT2D eigenvalue weighted by atomic mass is 32.2. The normalized spacial score (nSPS) is 38.0. The molecule has 4 nitrogen and oxygen atoms in total. The lowest BCUT2D eigenvalue weighted by Gasteiger charge is -2.38. The summed E-state index contributed by atoms with van der Waals surface area (Å²) >= 11 is 0. The minimum Gasteiger partial charge on any atom is -0.313 e. The Labute approximate surface area is 104 Å². The number of sulfonamides is 1. The van der Waals surface area contributed by atoms with Crippen LogP contribution >= 0.6 is 0 Å². The predicted octanol–water partition coefficient (Wildman–Crippen LogP) is 0.991. The van der Waals surface area contributed by atoms with Crippen LogP contribution in [0.5, 0.6) is 0 Å². The molecule has 1 aliphatic heterocycles. The molecule has 0 amide bonds. The molecule has 3 aliphatic rings. The van der Waals surface area contributed by atoms with Crippen molar-refractivity contribution in [2.75, 3.05) is 12.3 Å². The summed E-state index contributed by atoms with van der Waals surface area (Å²) in [7, 11) is -3.07. The Morgan fingerprint density at radius 2 is 2.00 bits per heavy atom. The van der Waals surface area contributed by atoms with Crippen LogP contribution in [0.15, 0.2) is 0 Å². The zero-order valence-electron chi connectivity index (χ0n) is 10.2. The van der Waals surface area contributed by atoms with Gasteiger partial charge in [0.15, 0.2) is 0 Å². The molecule has 0 radical (unpaired) electrons. The third-order valence-electron chi connectivity index (χ3n) is 4.57. The zero-order chi connectivity index (χ0) is 11.9. The van der Waals surface area contributed by atoms with Gasteiger partial charge >= 0.3 is 0 Å². The Kier molecular flexibility index (Phi) is 2.96. The monoisotopic (exact) mass is 258 g/mol. The van der Waals surface area contributed by atoms with Gasteiger partial charge in [0.1, 0.15) is 0 Å². The van der Waals surface area contributed by atoms with Crippen molar-refractivity contribution >= 4 is 10.0 Å². The number of hydrogen-bond acceptors (Lipinski definition) is 3. The molecule has 5 heteroatoms. The SMILES string of the molecule is O=S(=O)(CC12CCCCC1NCC2)NC1CC1. The third-order valence-corrected chi connectivity index (χ3v) is 6.22. The third kappa shape index (κ3) is 2.51.